The van der Waals surface area contributed by atoms with Gasteiger partial charge in [0.1, 0.15) is 11.8 Å². The van der Waals surface area contributed by atoms with E-state index >= 15 is 0 Å². The van der Waals surface area contributed by atoms with Crippen LogP contribution >= 0.6 is 11.6 Å². The molecule has 156 valence electrons. The summed E-state index contributed by atoms with van der Waals surface area (Å²) in [5.41, 5.74) is 4.53. The first kappa shape index (κ1) is 19.0. The third kappa shape index (κ3) is 3.41. The average molecular weight is 440 g/mol. The second-order valence-corrected chi connectivity index (χ2v) is 8.40. The van der Waals surface area contributed by atoms with E-state index < -0.39 is 0 Å². The Morgan fingerprint density at radius 3 is 2.62 bits per heavy atom. The van der Waals surface area contributed by atoms with E-state index in [4.69, 9.17) is 21.3 Å². The number of rotatable bonds is 4. The molecule has 1 fully saturated rings. The van der Waals surface area contributed by atoms with Crippen LogP contribution in [-0.2, 0) is 0 Å². The maximum atomic E-state index is 12.9. The quantitative estimate of drug-likeness (QED) is 0.373. The third-order valence-corrected chi connectivity index (χ3v) is 5.91. The molecule has 32 heavy (non-hydrogen) atoms. The molecule has 0 bridgehead atoms. The lowest BCUT2D eigenvalue weighted by Gasteiger charge is -2.13. The lowest BCUT2D eigenvalue weighted by molar-refractivity contribution is 0.292. The normalized spacial score (nSPS) is 13.5. The number of pyridine rings is 3. The van der Waals surface area contributed by atoms with Crippen molar-refractivity contribution in [3.8, 4) is 28.3 Å². The van der Waals surface area contributed by atoms with Gasteiger partial charge in [-0.1, -0.05) is 48.0 Å². The lowest BCUT2D eigenvalue weighted by Crippen LogP contribution is -2.08. The summed E-state index contributed by atoms with van der Waals surface area (Å²) >= 11 is 6.57. The first-order chi connectivity index (χ1) is 15.7. The van der Waals surface area contributed by atoms with Crippen LogP contribution in [-0.4, -0.2) is 21.1 Å². The van der Waals surface area contributed by atoms with Gasteiger partial charge in [0.15, 0.2) is 11.3 Å². The largest absolute Gasteiger partial charge is 0.476 e. The molecule has 0 spiro atoms. The maximum Gasteiger partial charge on any atom is 0.196 e. The lowest BCUT2D eigenvalue weighted by atomic mass is 9.97. The van der Waals surface area contributed by atoms with Gasteiger partial charge in [0.05, 0.1) is 21.6 Å². The minimum Gasteiger partial charge on any atom is -0.476 e. The smallest absolute Gasteiger partial charge is 0.196 e. The molecule has 5 nitrogen and oxygen atoms in total. The number of hydrogen-bond donors (Lipinski definition) is 1. The van der Waals surface area contributed by atoms with Gasteiger partial charge in [-0.3, -0.25) is 9.78 Å². The number of aromatic amines is 1. The van der Waals surface area contributed by atoms with Crippen LogP contribution in [0.4, 0.5) is 0 Å². The minimum absolute atomic E-state index is 0.128. The summed E-state index contributed by atoms with van der Waals surface area (Å²) in [6.45, 7) is 0. The molecular weight excluding hydrogens is 422 g/mol. The Morgan fingerprint density at radius 2 is 1.81 bits per heavy atom. The molecule has 0 saturated heterocycles. The van der Waals surface area contributed by atoms with E-state index in [1.807, 2.05) is 60.7 Å². The number of ether oxygens (including phenoxy) is 1. The van der Waals surface area contributed by atoms with Crippen molar-refractivity contribution in [2.75, 3.05) is 0 Å². The maximum absolute atomic E-state index is 12.9. The summed E-state index contributed by atoms with van der Waals surface area (Å²) < 4.78 is 5.82. The molecule has 2 aromatic carbocycles. The molecule has 1 N–H and O–H groups in total. The highest BCUT2D eigenvalue weighted by Crippen LogP contribution is 2.36. The second kappa shape index (κ2) is 7.46. The van der Waals surface area contributed by atoms with E-state index in [0.29, 0.717) is 21.9 Å². The molecule has 0 aliphatic heterocycles. The second-order valence-electron chi connectivity index (χ2n) is 7.99. The zero-order valence-electron chi connectivity index (χ0n) is 17.0. The number of fused-ring (bicyclic) bond motifs is 2. The topological polar surface area (TPSA) is 67.9 Å². The Bertz CT molecular complexity index is 1540. The van der Waals surface area contributed by atoms with Crippen molar-refractivity contribution in [1.82, 2.24) is 15.0 Å². The van der Waals surface area contributed by atoms with E-state index in [1.165, 1.54) is 6.07 Å². The van der Waals surface area contributed by atoms with Gasteiger partial charge in [-0.25, -0.2) is 4.98 Å². The fourth-order valence-corrected chi connectivity index (χ4v) is 4.19. The van der Waals surface area contributed by atoms with E-state index in [0.717, 1.165) is 46.1 Å². The fourth-order valence-electron chi connectivity index (χ4n) is 3.91. The van der Waals surface area contributed by atoms with Crippen molar-refractivity contribution >= 4 is 33.5 Å². The Hall–Kier alpha value is -3.70. The summed E-state index contributed by atoms with van der Waals surface area (Å²) in [5, 5.41) is 1.99. The molecule has 0 unspecified atom stereocenters. The third-order valence-electron chi connectivity index (χ3n) is 5.63. The highest BCUT2D eigenvalue weighted by atomic mass is 35.5. The Balaban J connectivity index is 1.62. The van der Waals surface area contributed by atoms with Crippen LogP contribution in [0.1, 0.15) is 12.8 Å². The van der Waals surface area contributed by atoms with Gasteiger partial charge in [0, 0.05) is 28.8 Å². The average Bonchev–Trinajstić information content (AvgIpc) is 3.63. The number of nitrogens with one attached hydrogen (secondary N) is 1. The van der Waals surface area contributed by atoms with E-state index in [9.17, 15) is 4.79 Å². The van der Waals surface area contributed by atoms with Crippen LogP contribution in [0, 0.1) is 0 Å². The van der Waals surface area contributed by atoms with E-state index in [-0.39, 0.29) is 11.5 Å². The van der Waals surface area contributed by atoms with E-state index in [1.54, 1.807) is 6.20 Å². The molecule has 5 aromatic rings. The molecule has 6 heteroatoms. The number of nitrogens with zero attached hydrogens (tertiary/aromatic N) is 2. The van der Waals surface area contributed by atoms with Crippen molar-refractivity contribution in [3.63, 3.8) is 0 Å². The zero-order valence-corrected chi connectivity index (χ0v) is 17.8. The molecule has 0 amide bonds. The number of halogens is 1. The van der Waals surface area contributed by atoms with Gasteiger partial charge in [-0.05, 0) is 42.7 Å². The molecule has 0 radical (unpaired) electrons. The highest BCUT2D eigenvalue weighted by Gasteiger charge is 2.24. The van der Waals surface area contributed by atoms with Gasteiger partial charge in [0.25, 0.3) is 0 Å². The first-order valence-corrected chi connectivity index (χ1v) is 10.9. The van der Waals surface area contributed by atoms with Gasteiger partial charge in [-0.15, -0.1) is 0 Å². The molecular formula is C26H18ClN3O2. The summed E-state index contributed by atoms with van der Waals surface area (Å²) in [4.78, 5) is 25.4. The van der Waals surface area contributed by atoms with Crippen LogP contribution in [0.5, 0.6) is 5.88 Å². The molecule has 3 aromatic heterocycles. The van der Waals surface area contributed by atoms with Crippen molar-refractivity contribution in [2.24, 2.45) is 0 Å². The van der Waals surface area contributed by atoms with E-state index in [2.05, 4.69) is 9.97 Å². The zero-order chi connectivity index (χ0) is 21.7. The fraction of sp³-hybridized carbons (Fsp3) is 0.115. The van der Waals surface area contributed by atoms with Crippen LogP contribution < -0.4 is 10.2 Å². The van der Waals surface area contributed by atoms with Crippen molar-refractivity contribution in [2.45, 2.75) is 18.9 Å². The molecule has 0 atom stereocenters. The summed E-state index contributed by atoms with van der Waals surface area (Å²) in [5.74, 6) is 0.462. The predicted molar refractivity (Wildman–Crippen MR) is 127 cm³/mol. The van der Waals surface area contributed by atoms with Crippen molar-refractivity contribution in [1.29, 1.82) is 0 Å². The van der Waals surface area contributed by atoms with Gasteiger partial charge in [0.2, 0.25) is 0 Å². The SMILES string of the molecule is O=c1cc(OC2CC2)[nH]c2nc(-c3ccccc3)c(-c3cc(Cl)c4ncccc4c3)cc12. The van der Waals surface area contributed by atoms with Crippen LogP contribution in [0.15, 0.2) is 77.7 Å². The molecule has 3 heterocycles. The number of H-pyrrole nitrogens is 1. The Labute approximate surface area is 188 Å². The molecule has 1 saturated carbocycles. The molecule has 1 aliphatic rings. The first-order valence-electron chi connectivity index (χ1n) is 10.5. The number of hydrogen-bond acceptors (Lipinski definition) is 4. The summed E-state index contributed by atoms with van der Waals surface area (Å²) in [7, 11) is 0. The monoisotopic (exact) mass is 439 g/mol. The van der Waals surface area contributed by atoms with Crippen LogP contribution in [0.3, 0.4) is 0 Å². The van der Waals surface area contributed by atoms with Crippen molar-refractivity contribution < 1.29 is 4.74 Å². The number of aromatic nitrogens is 3. The molecule has 6 rings (SSSR count). The number of benzene rings is 2. The molecule has 1 aliphatic carbocycles. The van der Waals surface area contributed by atoms with Crippen LogP contribution in [0.25, 0.3) is 44.3 Å². The standard InChI is InChI=1S/C26H18ClN3O2/c27-21-12-17(11-16-7-4-10-28-25(16)21)19-13-20-22(31)14-23(32-18-8-9-18)29-26(20)30-24(19)15-5-2-1-3-6-15/h1-7,10-14,18H,8-9H2,(H,29,30,31). The van der Waals surface area contributed by atoms with Gasteiger partial charge >= 0.3 is 0 Å². The summed E-state index contributed by atoms with van der Waals surface area (Å²) in [6.07, 6.45) is 3.93. The predicted octanol–water partition coefficient (Wildman–Crippen LogP) is 6.00. The Morgan fingerprint density at radius 1 is 0.969 bits per heavy atom. The van der Waals surface area contributed by atoms with Gasteiger partial charge in [-0.2, -0.15) is 0 Å². The summed E-state index contributed by atoms with van der Waals surface area (Å²) in [6, 6.07) is 21.1. The highest BCUT2D eigenvalue weighted by molar-refractivity contribution is 6.35. The Kier molecular flexibility index (Phi) is 4.44. The van der Waals surface area contributed by atoms with Crippen LogP contribution in [0.2, 0.25) is 5.02 Å². The van der Waals surface area contributed by atoms with Gasteiger partial charge < -0.3 is 9.72 Å². The van der Waals surface area contributed by atoms with Crippen molar-refractivity contribution in [3.05, 3.63) is 88.2 Å². The minimum atomic E-state index is -0.128.